The highest BCUT2D eigenvalue weighted by Gasteiger charge is 2.07. The molecule has 0 spiro atoms. The number of benzene rings is 1. The van der Waals surface area contributed by atoms with E-state index in [1.807, 2.05) is 32.0 Å². The van der Waals surface area contributed by atoms with Gasteiger partial charge in [-0.25, -0.2) is 0 Å². The zero-order valence-corrected chi connectivity index (χ0v) is 9.44. The van der Waals surface area contributed by atoms with Crippen LogP contribution in [0.15, 0.2) is 30.6 Å². The predicted octanol–water partition coefficient (Wildman–Crippen LogP) is 2.25. The van der Waals surface area contributed by atoms with Crippen molar-refractivity contribution in [2.45, 2.75) is 20.5 Å². The van der Waals surface area contributed by atoms with Gasteiger partial charge in [0, 0.05) is 18.0 Å². The molecule has 0 aliphatic rings. The summed E-state index contributed by atoms with van der Waals surface area (Å²) in [7, 11) is 0. The summed E-state index contributed by atoms with van der Waals surface area (Å²) in [6.45, 7) is 4.03. The molecule has 82 valence electrons. The van der Waals surface area contributed by atoms with Crippen molar-refractivity contribution in [1.29, 1.82) is 0 Å². The number of hydrogen-bond acceptors (Lipinski definition) is 3. The summed E-state index contributed by atoms with van der Waals surface area (Å²) in [6.07, 6.45) is 3.39. The molecule has 2 aromatic rings. The van der Waals surface area contributed by atoms with E-state index in [1.54, 1.807) is 12.4 Å². The third kappa shape index (κ3) is 1.95. The number of hydrogen-bond donors (Lipinski definition) is 1. The SMILES string of the molecule is Cc1cc(CO)ccc1-c1nccnc1C. The van der Waals surface area contributed by atoms with E-state index in [9.17, 15) is 0 Å². The number of aliphatic hydroxyl groups is 1. The van der Waals surface area contributed by atoms with Crippen LogP contribution in [0.3, 0.4) is 0 Å². The minimum atomic E-state index is 0.0700. The van der Waals surface area contributed by atoms with Crippen LogP contribution < -0.4 is 0 Å². The minimum absolute atomic E-state index is 0.0700. The number of rotatable bonds is 2. The maximum absolute atomic E-state index is 9.05. The zero-order valence-electron chi connectivity index (χ0n) is 9.44. The van der Waals surface area contributed by atoms with Gasteiger partial charge in [0.2, 0.25) is 0 Å². The number of aryl methyl sites for hydroxylation is 2. The summed E-state index contributed by atoms with van der Waals surface area (Å²) in [4.78, 5) is 8.57. The van der Waals surface area contributed by atoms with Crippen LogP contribution in [0.4, 0.5) is 0 Å². The highest BCUT2D eigenvalue weighted by molar-refractivity contribution is 5.65. The van der Waals surface area contributed by atoms with Crippen LogP contribution in [-0.2, 0) is 6.61 Å². The van der Waals surface area contributed by atoms with Gasteiger partial charge in [0.15, 0.2) is 0 Å². The molecule has 0 amide bonds. The molecule has 1 N–H and O–H groups in total. The van der Waals surface area contributed by atoms with Crippen molar-refractivity contribution in [3.05, 3.63) is 47.4 Å². The maximum atomic E-state index is 9.05. The summed E-state index contributed by atoms with van der Waals surface area (Å²) >= 11 is 0. The first-order valence-electron chi connectivity index (χ1n) is 5.20. The van der Waals surface area contributed by atoms with Gasteiger partial charge in [-0.15, -0.1) is 0 Å². The van der Waals surface area contributed by atoms with Crippen LogP contribution >= 0.6 is 0 Å². The van der Waals surface area contributed by atoms with Crippen molar-refractivity contribution in [2.24, 2.45) is 0 Å². The molecule has 0 aliphatic carbocycles. The molecule has 3 nitrogen and oxygen atoms in total. The normalized spacial score (nSPS) is 10.4. The second-order valence-corrected chi connectivity index (χ2v) is 3.80. The fourth-order valence-corrected chi connectivity index (χ4v) is 1.76. The lowest BCUT2D eigenvalue weighted by molar-refractivity contribution is 0.282. The summed E-state index contributed by atoms with van der Waals surface area (Å²) in [5.41, 5.74) is 4.92. The molecule has 16 heavy (non-hydrogen) atoms. The van der Waals surface area contributed by atoms with E-state index in [0.29, 0.717) is 0 Å². The second-order valence-electron chi connectivity index (χ2n) is 3.80. The molecule has 1 heterocycles. The quantitative estimate of drug-likeness (QED) is 0.834. The molecule has 0 aliphatic heterocycles. The first-order chi connectivity index (χ1) is 7.72. The van der Waals surface area contributed by atoms with E-state index in [0.717, 1.165) is 28.1 Å². The highest BCUT2D eigenvalue weighted by Crippen LogP contribution is 2.23. The lowest BCUT2D eigenvalue weighted by Gasteiger charge is -2.08. The van der Waals surface area contributed by atoms with E-state index < -0.39 is 0 Å². The Balaban J connectivity index is 2.53. The lowest BCUT2D eigenvalue weighted by atomic mass is 10.0. The predicted molar refractivity (Wildman–Crippen MR) is 62.9 cm³/mol. The van der Waals surface area contributed by atoms with Gasteiger partial charge in [0.05, 0.1) is 18.0 Å². The van der Waals surface area contributed by atoms with Crippen molar-refractivity contribution < 1.29 is 5.11 Å². The number of nitrogens with zero attached hydrogens (tertiary/aromatic N) is 2. The van der Waals surface area contributed by atoms with Gasteiger partial charge >= 0.3 is 0 Å². The molecule has 0 saturated carbocycles. The van der Waals surface area contributed by atoms with Crippen molar-refractivity contribution in [2.75, 3.05) is 0 Å². The van der Waals surface area contributed by atoms with Crippen LogP contribution in [0.25, 0.3) is 11.3 Å². The molecule has 0 atom stereocenters. The molecular weight excluding hydrogens is 200 g/mol. The van der Waals surface area contributed by atoms with Crippen LogP contribution in [0.5, 0.6) is 0 Å². The Morgan fingerprint density at radius 3 is 2.50 bits per heavy atom. The van der Waals surface area contributed by atoms with Gasteiger partial charge in [0.25, 0.3) is 0 Å². The standard InChI is InChI=1S/C13H14N2O/c1-9-7-11(8-16)3-4-12(9)13-10(2)14-5-6-15-13/h3-7,16H,8H2,1-2H3. The largest absolute Gasteiger partial charge is 0.392 e. The van der Waals surface area contributed by atoms with Crippen molar-refractivity contribution in [1.82, 2.24) is 9.97 Å². The Morgan fingerprint density at radius 1 is 1.12 bits per heavy atom. The first-order valence-corrected chi connectivity index (χ1v) is 5.20. The van der Waals surface area contributed by atoms with Gasteiger partial charge in [-0.2, -0.15) is 0 Å². The molecule has 0 bridgehead atoms. The summed E-state index contributed by atoms with van der Waals surface area (Å²) < 4.78 is 0. The van der Waals surface area contributed by atoms with Gasteiger partial charge in [-0.3, -0.25) is 9.97 Å². The monoisotopic (exact) mass is 214 g/mol. The van der Waals surface area contributed by atoms with E-state index in [4.69, 9.17) is 5.11 Å². The number of aromatic nitrogens is 2. The van der Waals surface area contributed by atoms with E-state index in [-0.39, 0.29) is 6.61 Å². The molecule has 0 fully saturated rings. The molecule has 1 aromatic carbocycles. The number of aliphatic hydroxyl groups excluding tert-OH is 1. The zero-order chi connectivity index (χ0) is 11.5. The maximum Gasteiger partial charge on any atom is 0.0917 e. The van der Waals surface area contributed by atoms with E-state index >= 15 is 0 Å². The van der Waals surface area contributed by atoms with Gasteiger partial charge in [-0.05, 0) is 25.0 Å². The Bertz CT molecular complexity index is 509. The lowest BCUT2D eigenvalue weighted by Crippen LogP contribution is -1.94. The van der Waals surface area contributed by atoms with Crippen LogP contribution in [0, 0.1) is 13.8 Å². The molecule has 0 saturated heterocycles. The average Bonchev–Trinajstić information content (AvgIpc) is 2.30. The fourth-order valence-electron chi connectivity index (χ4n) is 1.76. The second kappa shape index (κ2) is 4.41. The molecule has 1 aromatic heterocycles. The highest BCUT2D eigenvalue weighted by atomic mass is 16.3. The summed E-state index contributed by atoms with van der Waals surface area (Å²) in [5.74, 6) is 0. The Kier molecular flexibility index (Phi) is 2.97. The Labute approximate surface area is 94.8 Å². The molecule has 0 radical (unpaired) electrons. The average molecular weight is 214 g/mol. The van der Waals surface area contributed by atoms with Crippen molar-refractivity contribution >= 4 is 0 Å². The third-order valence-corrected chi connectivity index (χ3v) is 2.61. The van der Waals surface area contributed by atoms with Crippen molar-refractivity contribution in [3.63, 3.8) is 0 Å². The van der Waals surface area contributed by atoms with E-state index in [1.165, 1.54) is 0 Å². The molecule has 0 unspecified atom stereocenters. The Hall–Kier alpha value is -1.74. The van der Waals surface area contributed by atoms with Crippen LogP contribution in [-0.4, -0.2) is 15.1 Å². The van der Waals surface area contributed by atoms with Gasteiger partial charge in [-0.1, -0.05) is 18.2 Å². The van der Waals surface area contributed by atoms with E-state index in [2.05, 4.69) is 9.97 Å². The fraction of sp³-hybridized carbons (Fsp3) is 0.231. The molecule has 3 heteroatoms. The van der Waals surface area contributed by atoms with Crippen LogP contribution in [0.1, 0.15) is 16.8 Å². The molecular formula is C13H14N2O. The molecule has 2 rings (SSSR count). The Morgan fingerprint density at radius 2 is 1.88 bits per heavy atom. The smallest absolute Gasteiger partial charge is 0.0917 e. The summed E-state index contributed by atoms with van der Waals surface area (Å²) in [5, 5.41) is 9.05. The minimum Gasteiger partial charge on any atom is -0.392 e. The van der Waals surface area contributed by atoms with Crippen LogP contribution in [0.2, 0.25) is 0 Å². The van der Waals surface area contributed by atoms with Crippen molar-refractivity contribution in [3.8, 4) is 11.3 Å². The van der Waals surface area contributed by atoms with Gasteiger partial charge < -0.3 is 5.11 Å². The first kappa shape index (κ1) is 10.8. The van der Waals surface area contributed by atoms with Gasteiger partial charge in [0.1, 0.15) is 0 Å². The third-order valence-electron chi connectivity index (χ3n) is 2.61. The summed E-state index contributed by atoms with van der Waals surface area (Å²) in [6, 6.07) is 5.87. The topological polar surface area (TPSA) is 46.0 Å².